The van der Waals surface area contributed by atoms with Crippen molar-refractivity contribution in [2.45, 2.75) is 117 Å². The minimum absolute atomic E-state index is 0.0204. The minimum Gasteiger partial charge on any atom is -0.493 e. The summed E-state index contributed by atoms with van der Waals surface area (Å²) in [6.07, 6.45) is 8.16. The third-order valence-electron chi connectivity index (χ3n) is 11.0. The van der Waals surface area contributed by atoms with E-state index in [9.17, 15) is 4.79 Å². The molecule has 8 heteroatoms. The van der Waals surface area contributed by atoms with Crippen LogP contribution in [0.5, 0.6) is 5.75 Å². The Morgan fingerprint density at radius 3 is 2.00 bits per heavy atom. The predicted molar refractivity (Wildman–Crippen MR) is 208 cm³/mol. The van der Waals surface area contributed by atoms with Gasteiger partial charge in [0.25, 0.3) is 8.32 Å². The van der Waals surface area contributed by atoms with Gasteiger partial charge in [-0.1, -0.05) is 86.6 Å². The third-order valence-corrected chi connectivity index (χ3v) is 16.1. The van der Waals surface area contributed by atoms with Crippen LogP contribution in [0.3, 0.4) is 0 Å². The second-order valence-electron chi connectivity index (χ2n) is 16.9. The van der Waals surface area contributed by atoms with E-state index in [1.165, 1.54) is 10.4 Å². The Labute approximate surface area is 306 Å². The lowest BCUT2D eigenvalue weighted by Gasteiger charge is -2.46. The molecule has 4 aromatic rings. The highest BCUT2D eigenvalue weighted by atomic mass is 28.4. The number of likely N-dealkylation sites (tertiary alicyclic amines) is 1. The maximum Gasteiger partial charge on any atom is 0.410 e. The molecule has 51 heavy (non-hydrogen) atoms. The highest BCUT2D eigenvalue weighted by Gasteiger charge is 2.51. The lowest BCUT2D eigenvalue weighted by atomic mass is 9.88. The van der Waals surface area contributed by atoms with Gasteiger partial charge in [-0.2, -0.15) is 0 Å². The van der Waals surface area contributed by atoms with Crippen LogP contribution >= 0.6 is 0 Å². The maximum absolute atomic E-state index is 12.5. The smallest absolute Gasteiger partial charge is 0.410 e. The van der Waals surface area contributed by atoms with Crippen LogP contribution in [0, 0.1) is 18.8 Å². The predicted octanol–water partition coefficient (Wildman–Crippen LogP) is 9.23. The van der Waals surface area contributed by atoms with E-state index < -0.39 is 13.9 Å². The van der Waals surface area contributed by atoms with Crippen LogP contribution in [-0.2, 0) is 15.6 Å². The molecule has 274 valence electrons. The van der Waals surface area contributed by atoms with Crippen molar-refractivity contribution in [3.63, 3.8) is 0 Å². The molecule has 1 aromatic heterocycles. The van der Waals surface area contributed by atoms with Gasteiger partial charge >= 0.3 is 6.09 Å². The van der Waals surface area contributed by atoms with Crippen molar-refractivity contribution < 1.29 is 23.2 Å². The Morgan fingerprint density at radius 2 is 1.43 bits per heavy atom. The average molecular weight is 711 g/mol. The molecule has 0 N–H and O–H groups in total. The molecule has 2 fully saturated rings. The number of nitrogens with zero attached hydrogens (tertiary/aromatic N) is 2. The number of aryl methyl sites for hydroxylation is 2. The van der Waals surface area contributed by atoms with E-state index in [-0.39, 0.29) is 17.2 Å². The summed E-state index contributed by atoms with van der Waals surface area (Å²) in [5.74, 6) is 1.93. The lowest BCUT2D eigenvalue weighted by molar-refractivity contribution is 0.0181. The van der Waals surface area contributed by atoms with Crippen LogP contribution in [0.15, 0.2) is 77.3 Å². The number of benzene rings is 3. The van der Waals surface area contributed by atoms with Gasteiger partial charge in [0.2, 0.25) is 0 Å². The van der Waals surface area contributed by atoms with Crippen LogP contribution in [0.1, 0.15) is 97.7 Å². The fourth-order valence-electron chi connectivity index (χ4n) is 8.14. The number of piperidine rings is 1. The molecule has 1 saturated carbocycles. The summed E-state index contributed by atoms with van der Waals surface area (Å²) in [4.78, 5) is 14.3. The van der Waals surface area contributed by atoms with E-state index in [1.807, 2.05) is 25.7 Å². The monoisotopic (exact) mass is 710 g/mol. The normalized spacial score (nSPS) is 19.3. The fraction of sp³-hybridized carbons (Fsp3) is 0.535. The molecule has 1 aliphatic carbocycles. The molecule has 0 radical (unpaired) electrons. The molecule has 0 atom stereocenters. The Morgan fingerprint density at radius 1 is 0.824 bits per heavy atom. The summed E-state index contributed by atoms with van der Waals surface area (Å²) in [6, 6.07) is 26.1. The lowest BCUT2D eigenvalue weighted by Crippen LogP contribution is -2.67. The van der Waals surface area contributed by atoms with E-state index in [4.69, 9.17) is 18.4 Å². The van der Waals surface area contributed by atoms with Gasteiger partial charge in [-0.25, -0.2) is 4.79 Å². The SMILES string of the molecule is Cc1c(OCC2CCC(O[Si](c3ccccc3)(c3ccccc3)C(C)(C)C)CC2)ccc2c(CCC3CCN(C(=O)OC(C)(C)C)CC3)noc12. The van der Waals surface area contributed by atoms with Crippen molar-refractivity contribution in [3.05, 3.63) is 84.1 Å². The first-order chi connectivity index (χ1) is 24.3. The van der Waals surface area contributed by atoms with Crippen LogP contribution in [0.2, 0.25) is 5.04 Å². The Kier molecular flexibility index (Phi) is 11.3. The standard InChI is InChI=1S/C43H58N2O5Si/c1-31-39(25-23-37-38(44-49-40(31)37)24-20-32-26-28-45(29-27-32)41(46)48-42(2,3)4)47-30-33-18-21-34(22-19-33)50-51(43(5,6)7,35-14-10-8-11-15-35)36-16-12-9-13-17-36/h8-17,23,25,32-34H,18-22,24,26-30H2,1-7H3. The van der Waals surface area contributed by atoms with Crippen LogP contribution in [-0.4, -0.2) is 55.9 Å². The number of hydrogen-bond donors (Lipinski definition) is 0. The highest BCUT2D eigenvalue weighted by Crippen LogP contribution is 2.40. The van der Waals surface area contributed by atoms with Crippen molar-refractivity contribution in [2.75, 3.05) is 19.7 Å². The summed E-state index contributed by atoms with van der Waals surface area (Å²) in [6.45, 7) is 17.1. The van der Waals surface area contributed by atoms with Crippen molar-refractivity contribution >= 4 is 35.8 Å². The summed E-state index contributed by atoms with van der Waals surface area (Å²) >= 11 is 0. The van der Waals surface area contributed by atoms with E-state index in [0.29, 0.717) is 18.4 Å². The first-order valence-electron chi connectivity index (χ1n) is 19.1. The molecule has 2 heterocycles. The summed E-state index contributed by atoms with van der Waals surface area (Å²) < 4.78 is 25.4. The van der Waals surface area contributed by atoms with Crippen molar-refractivity contribution in [1.29, 1.82) is 0 Å². The van der Waals surface area contributed by atoms with E-state index in [2.05, 4.69) is 106 Å². The first-order valence-corrected chi connectivity index (χ1v) is 21.0. The van der Waals surface area contributed by atoms with Crippen LogP contribution < -0.4 is 15.1 Å². The number of rotatable bonds is 10. The van der Waals surface area contributed by atoms with Crippen LogP contribution in [0.25, 0.3) is 11.0 Å². The molecule has 1 aliphatic heterocycles. The van der Waals surface area contributed by atoms with Gasteiger partial charge in [0.1, 0.15) is 11.4 Å². The van der Waals surface area contributed by atoms with Gasteiger partial charge in [-0.05, 0) is 118 Å². The highest BCUT2D eigenvalue weighted by molar-refractivity contribution is 6.99. The molecule has 0 bridgehead atoms. The number of fused-ring (bicyclic) bond motifs is 1. The number of amides is 1. The van der Waals surface area contributed by atoms with Gasteiger partial charge in [-0.15, -0.1) is 0 Å². The molecule has 3 aromatic carbocycles. The zero-order valence-corrected chi connectivity index (χ0v) is 32.9. The van der Waals surface area contributed by atoms with Crippen molar-refractivity contribution in [3.8, 4) is 5.75 Å². The van der Waals surface area contributed by atoms with Crippen molar-refractivity contribution in [1.82, 2.24) is 10.1 Å². The molecule has 7 nitrogen and oxygen atoms in total. The number of carbonyl (C=O) groups excluding carboxylic acids is 1. The van der Waals surface area contributed by atoms with E-state index >= 15 is 0 Å². The molecule has 0 unspecified atom stereocenters. The summed E-state index contributed by atoms with van der Waals surface area (Å²) in [7, 11) is -2.56. The van der Waals surface area contributed by atoms with E-state index in [0.717, 1.165) is 92.4 Å². The minimum atomic E-state index is -2.56. The first kappa shape index (κ1) is 37.1. The topological polar surface area (TPSA) is 74.0 Å². The molecule has 6 rings (SSSR count). The number of carbonyl (C=O) groups is 1. The second-order valence-corrected chi connectivity index (χ2v) is 21.1. The van der Waals surface area contributed by atoms with Crippen LogP contribution in [0.4, 0.5) is 4.79 Å². The Balaban J connectivity index is 1.02. The summed E-state index contributed by atoms with van der Waals surface area (Å²) in [5.41, 5.74) is 2.38. The Hall–Kier alpha value is -3.62. The van der Waals surface area contributed by atoms with E-state index in [1.54, 1.807) is 0 Å². The molecular formula is C43H58N2O5Si. The summed E-state index contributed by atoms with van der Waals surface area (Å²) in [5, 5.41) is 8.23. The van der Waals surface area contributed by atoms with Gasteiger partial charge < -0.3 is 23.3 Å². The molecule has 1 amide bonds. The second kappa shape index (κ2) is 15.5. The van der Waals surface area contributed by atoms with Gasteiger partial charge in [0.15, 0.2) is 5.58 Å². The largest absolute Gasteiger partial charge is 0.493 e. The van der Waals surface area contributed by atoms with Gasteiger partial charge in [0, 0.05) is 30.1 Å². The zero-order valence-electron chi connectivity index (χ0n) is 31.9. The van der Waals surface area contributed by atoms with Gasteiger partial charge in [-0.3, -0.25) is 0 Å². The molecule has 0 spiro atoms. The molecular weight excluding hydrogens is 653 g/mol. The number of ether oxygens (including phenoxy) is 2. The molecule has 1 saturated heterocycles. The third kappa shape index (κ3) is 8.55. The quantitative estimate of drug-likeness (QED) is 0.153. The zero-order chi connectivity index (χ0) is 36.2. The van der Waals surface area contributed by atoms with Gasteiger partial charge in [0.05, 0.1) is 12.3 Å². The fourth-order valence-corrected chi connectivity index (χ4v) is 12.9. The average Bonchev–Trinajstić information content (AvgIpc) is 3.53. The van der Waals surface area contributed by atoms with Crippen molar-refractivity contribution in [2.24, 2.45) is 11.8 Å². The molecule has 2 aliphatic rings. The number of aromatic nitrogens is 1. The maximum atomic E-state index is 12.5. The Bertz CT molecular complexity index is 1690. The number of hydrogen-bond acceptors (Lipinski definition) is 6.